The number of amides is 2. The van der Waals surface area contributed by atoms with E-state index < -0.39 is 54.1 Å². The Hall–Kier alpha value is -3.21. The van der Waals surface area contributed by atoms with E-state index >= 15 is 0 Å². The third kappa shape index (κ3) is 5.09. The molecule has 1 aromatic heterocycles. The molecule has 3 rings (SSSR count). The quantitative estimate of drug-likeness (QED) is 0.332. The molecule has 0 bridgehead atoms. The Kier molecular flexibility index (Phi) is 7.12. The molecule has 0 radical (unpaired) electrons. The molecule has 1 aromatic carbocycles. The van der Waals surface area contributed by atoms with Crippen molar-refractivity contribution in [2.24, 2.45) is 7.05 Å². The number of hydrogen-bond donors (Lipinski definition) is 3. The third-order valence-electron chi connectivity index (χ3n) is 6.67. The summed E-state index contributed by atoms with van der Waals surface area (Å²) < 4.78 is 53.9. The number of ketones is 1. The van der Waals surface area contributed by atoms with Crippen molar-refractivity contribution < 1.29 is 37.1 Å². The number of rotatable bonds is 5. The average Bonchev–Trinajstić information content (AvgIpc) is 2.99. The van der Waals surface area contributed by atoms with Gasteiger partial charge in [-0.05, 0) is 75.8 Å². The second-order valence-corrected chi connectivity index (χ2v) is 9.02. The Labute approximate surface area is 199 Å². The molecule has 0 unspecified atom stereocenters. The van der Waals surface area contributed by atoms with Crippen LogP contribution in [0, 0.1) is 26.6 Å². The molecule has 2 aromatic rings. The van der Waals surface area contributed by atoms with Crippen molar-refractivity contribution in [1.82, 2.24) is 9.88 Å². The van der Waals surface area contributed by atoms with Crippen molar-refractivity contribution in [3.63, 3.8) is 0 Å². The molecule has 2 amide bonds. The summed E-state index contributed by atoms with van der Waals surface area (Å²) >= 11 is 0. The van der Waals surface area contributed by atoms with Crippen LogP contribution in [0.2, 0.25) is 0 Å². The van der Waals surface area contributed by atoms with Crippen LogP contribution >= 0.6 is 0 Å². The summed E-state index contributed by atoms with van der Waals surface area (Å²) in [6.07, 6.45) is -6.19. The lowest BCUT2D eigenvalue weighted by Gasteiger charge is -2.37. The highest BCUT2D eigenvalue weighted by molar-refractivity contribution is 6.43. The summed E-state index contributed by atoms with van der Waals surface area (Å²) in [7, 11) is 1.52. The Bertz CT molecular complexity index is 1180. The molecule has 1 aliphatic rings. The number of nitrogens with zero attached hydrogens (tertiary/aromatic N) is 1. The van der Waals surface area contributed by atoms with Crippen molar-refractivity contribution in [1.29, 1.82) is 0 Å². The van der Waals surface area contributed by atoms with Gasteiger partial charge in [-0.15, -0.1) is 0 Å². The van der Waals surface area contributed by atoms with Crippen LogP contribution in [-0.4, -0.2) is 45.1 Å². The van der Waals surface area contributed by atoms with Crippen LogP contribution in [0.3, 0.4) is 0 Å². The molecular formula is C24H27F4N3O4. The van der Waals surface area contributed by atoms with Gasteiger partial charge in [0.15, 0.2) is 5.60 Å². The van der Waals surface area contributed by atoms with Crippen molar-refractivity contribution in [3.8, 4) is 0 Å². The van der Waals surface area contributed by atoms with Gasteiger partial charge in [0.05, 0.1) is 11.3 Å². The third-order valence-corrected chi connectivity index (χ3v) is 6.67. The number of aromatic nitrogens is 1. The minimum atomic E-state index is -4.76. The average molecular weight is 497 g/mol. The van der Waals surface area contributed by atoms with Crippen LogP contribution < -0.4 is 10.6 Å². The fourth-order valence-electron chi connectivity index (χ4n) is 4.43. The van der Waals surface area contributed by atoms with Crippen LogP contribution in [-0.2, 0) is 11.8 Å². The van der Waals surface area contributed by atoms with Gasteiger partial charge in [0, 0.05) is 24.5 Å². The summed E-state index contributed by atoms with van der Waals surface area (Å²) in [5.74, 6) is -2.89. The van der Waals surface area contributed by atoms with E-state index in [4.69, 9.17) is 0 Å². The molecule has 1 heterocycles. The Balaban J connectivity index is 1.75. The van der Waals surface area contributed by atoms with Gasteiger partial charge in [-0.3, -0.25) is 14.4 Å². The maximum absolute atomic E-state index is 13.5. The first kappa shape index (κ1) is 26.4. The predicted octanol–water partition coefficient (Wildman–Crippen LogP) is 3.88. The van der Waals surface area contributed by atoms with Gasteiger partial charge >= 0.3 is 6.18 Å². The number of halogens is 4. The maximum atomic E-state index is 13.5. The van der Waals surface area contributed by atoms with E-state index in [1.54, 1.807) is 13.8 Å². The summed E-state index contributed by atoms with van der Waals surface area (Å²) in [4.78, 5) is 38.5. The molecule has 0 atom stereocenters. The van der Waals surface area contributed by atoms with Crippen LogP contribution in [0.25, 0.3) is 0 Å². The standard InChI is InChI=1S/C24H27F4N3O4/c1-12-11-16(5-6-17(12)25)30-21(33)18-13(2)19(31(4)14(18)3)20(32)22(34)29-15-7-9-23(35,10-8-15)24(26,27)28/h5-6,11,15,35H,7-10H2,1-4H3,(H,29,34)(H,30,33)/t15-,23+. The smallest absolute Gasteiger partial charge is 0.380 e. The lowest BCUT2D eigenvalue weighted by Crippen LogP contribution is -2.52. The molecule has 0 spiro atoms. The van der Waals surface area contributed by atoms with Gasteiger partial charge in [-0.25, -0.2) is 4.39 Å². The summed E-state index contributed by atoms with van der Waals surface area (Å²) in [6, 6.07) is 3.39. The van der Waals surface area contributed by atoms with Crippen LogP contribution in [0.4, 0.5) is 23.2 Å². The molecule has 1 aliphatic carbocycles. The number of Topliss-reactive ketones (excluding diaryl/α,β-unsaturated/α-hetero) is 1. The number of carbonyl (C=O) groups excluding carboxylic acids is 3. The van der Waals surface area contributed by atoms with Gasteiger partial charge in [0.1, 0.15) is 5.82 Å². The lowest BCUT2D eigenvalue weighted by atomic mass is 9.81. The Morgan fingerprint density at radius 3 is 2.26 bits per heavy atom. The first-order valence-electron chi connectivity index (χ1n) is 11.0. The topological polar surface area (TPSA) is 100 Å². The number of aliphatic hydroxyl groups is 1. The van der Waals surface area contributed by atoms with E-state index in [2.05, 4.69) is 10.6 Å². The van der Waals surface area contributed by atoms with Crippen LogP contribution in [0.5, 0.6) is 0 Å². The van der Waals surface area contributed by atoms with E-state index in [9.17, 15) is 37.1 Å². The minimum Gasteiger partial charge on any atom is -0.380 e. The molecular weight excluding hydrogens is 470 g/mol. The number of carbonyl (C=O) groups is 3. The zero-order valence-corrected chi connectivity index (χ0v) is 19.8. The number of aryl methyl sites for hydroxylation is 1. The second-order valence-electron chi connectivity index (χ2n) is 9.02. The summed E-state index contributed by atoms with van der Waals surface area (Å²) in [5.41, 5.74) is -1.26. The zero-order chi connectivity index (χ0) is 26.3. The van der Waals surface area contributed by atoms with Gasteiger partial charge < -0.3 is 20.3 Å². The van der Waals surface area contributed by atoms with Gasteiger partial charge in [0.25, 0.3) is 17.6 Å². The van der Waals surface area contributed by atoms with Crippen LogP contribution in [0.1, 0.15) is 63.4 Å². The highest BCUT2D eigenvalue weighted by Crippen LogP contribution is 2.41. The SMILES string of the molecule is Cc1cc(NC(=O)c2c(C)c(C(=O)C(=O)N[C@H]3CC[C@](O)(C(F)(F)F)CC3)n(C)c2C)ccc1F. The predicted molar refractivity (Wildman–Crippen MR) is 120 cm³/mol. The highest BCUT2D eigenvalue weighted by atomic mass is 19.4. The maximum Gasteiger partial charge on any atom is 0.417 e. The molecule has 11 heteroatoms. The molecule has 7 nitrogen and oxygen atoms in total. The van der Waals surface area contributed by atoms with E-state index in [0.717, 1.165) is 0 Å². The number of anilines is 1. The molecule has 1 saturated carbocycles. The number of hydrogen-bond acceptors (Lipinski definition) is 4. The molecule has 0 saturated heterocycles. The molecule has 3 N–H and O–H groups in total. The monoisotopic (exact) mass is 497 g/mol. The number of alkyl halides is 3. The van der Waals surface area contributed by atoms with E-state index in [0.29, 0.717) is 16.9 Å². The number of benzene rings is 1. The number of nitrogens with one attached hydrogen (secondary N) is 2. The van der Waals surface area contributed by atoms with E-state index in [1.165, 1.54) is 36.7 Å². The van der Waals surface area contributed by atoms with Crippen molar-refractivity contribution in [2.45, 2.75) is 64.3 Å². The fourth-order valence-corrected chi connectivity index (χ4v) is 4.43. The fraction of sp³-hybridized carbons (Fsp3) is 0.458. The van der Waals surface area contributed by atoms with Crippen LogP contribution in [0.15, 0.2) is 18.2 Å². The van der Waals surface area contributed by atoms with E-state index in [1.807, 2.05) is 0 Å². The van der Waals surface area contributed by atoms with E-state index in [-0.39, 0.29) is 29.7 Å². The Morgan fingerprint density at radius 1 is 1.11 bits per heavy atom. The first-order chi connectivity index (χ1) is 16.2. The summed E-state index contributed by atoms with van der Waals surface area (Å²) in [6.45, 7) is 4.67. The van der Waals surface area contributed by atoms with Gasteiger partial charge in [0.2, 0.25) is 0 Å². The zero-order valence-electron chi connectivity index (χ0n) is 19.8. The molecule has 35 heavy (non-hydrogen) atoms. The van der Waals surface area contributed by atoms with Gasteiger partial charge in [-0.2, -0.15) is 13.2 Å². The van der Waals surface area contributed by atoms with Crippen molar-refractivity contribution in [3.05, 3.63) is 52.1 Å². The second kappa shape index (κ2) is 9.44. The molecule has 0 aliphatic heterocycles. The van der Waals surface area contributed by atoms with Crippen molar-refractivity contribution in [2.75, 3.05) is 5.32 Å². The molecule has 1 fully saturated rings. The largest absolute Gasteiger partial charge is 0.417 e. The van der Waals surface area contributed by atoms with Crippen molar-refractivity contribution >= 4 is 23.3 Å². The Morgan fingerprint density at radius 2 is 1.71 bits per heavy atom. The normalized spacial score (nSPS) is 20.4. The minimum absolute atomic E-state index is 0.0250. The summed E-state index contributed by atoms with van der Waals surface area (Å²) in [5, 5.41) is 14.9. The first-order valence-corrected chi connectivity index (χ1v) is 11.0. The van der Waals surface area contributed by atoms with Gasteiger partial charge in [-0.1, -0.05) is 0 Å². The highest BCUT2D eigenvalue weighted by Gasteiger charge is 2.54. The lowest BCUT2D eigenvalue weighted by molar-refractivity contribution is -0.270. The molecule has 190 valence electrons.